The number of nitrogens with zero attached hydrogens (tertiary/aromatic N) is 3. The lowest BCUT2D eigenvalue weighted by Gasteiger charge is -2.35. The summed E-state index contributed by atoms with van der Waals surface area (Å²) in [5.41, 5.74) is 3.34. The van der Waals surface area contributed by atoms with Crippen LogP contribution >= 0.6 is 11.3 Å². The Balaban J connectivity index is 1.63. The van der Waals surface area contributed by atoms with Crippen LogP contribution in [0.3, 0.4) is 0 Å². The van der Waals surface area contributed by atoms with Gasteiger partial charge in [-0.05, 0) is 47.8 Å². The SMILES string of the molecule is CCC(O)Cc1ccc(-c2cc3ccsc3c(N3CCN(CC)CC3)n2)cc1. The Kier molecular flexibility index (Phi) is 5.95. The summed E-state index contributed by atoms with van der Waals surface area (Å²) in [4.78, 5) is 10.0. The highest BCUT2D eigenvalue weighted by Gasteiger charge is 2.20. The van der Waals surface area contributed by atoms with Gasteiger partial charge in [0.05, 0.1) is 16.5 Å². The number of hydrogen-bond donors (Lipinski definition) is 1. The lowest BCUT2D eigenvalue weighted by Crippen LogP contribution is -2.46. The number of anilines is 1. The molecule has 148 valence electrons. The number of aromatic nitrogens is 1. The lowest BCUT2D eigenvalue weighted by molar-refractivity contribution is 0.171. The molecule has 0 amide bonds. The van der Waals surface area contributed by atoms with Crippen LogP contribution in [0.4, 0.5) is 5.82 Å². The molecule has 1 aliphatic rings. The normalized spacial score (nSPS) is 16.6. The van der Waals surface area contributed by atoms with Gasteiger partial charge in [-0.2, -0.15) is 0 Å². The monoisotopic (exact) mass is 395 g/mol. The summed E-state index contributed by atoms with van der Waals surface area (Å²) >= 11 is 1.78. The third-order valence-corrected chi connectivity index (χ3v) is 6.65. The number of thiophene rings is 1. The Bertz CT molecular complexity index is 913. The second kappa shape index (κ2) is 8.60. The molecule has 0 spiro atoms. The Morgan fingerprint density at radius 1 is 1.07 bits per heavy atom. The fraction of sp³-hybridized carbons (Fsp3) is 0.435. The summed E-state index contributed by atoms with van der Waals surface area (Å²) in [5, 5.41) is 13.3. The molecule has 28 heavy (non-hydrogen) atoms. The summed E-state index contributed by atoms with van der Waals surface area (Å²) in [5.74, 6) is 1.13. The molecule has 1 saturated heterocycles. The highest BCUT2D eigenvalue weighted by Crippen LogP contribution is 2.34. The summed E-state index contributed by atoms with van der Waals surface area (Å²) in [6.45, 7) is 9.63. The van der Waals surface area contributed by atoms with E-state index in [2.05, 4.69) is 58.5 Å². The van der Waals surface area contributed by atoms with Gasteiger partial charge in [0, 0.05) is 31.7 Å². The highest BCUT2D eigenvalue weighted by molar-refractivity contribution is 7.17. The third kappa shape index (κ3) is 4.07. The van der Waals surface area contributed by atoms with Crippen molar-refractivity contribution in [3.8, 4) is 11.3 Å². The molecule has 0 bridgehead atoms. The zero-order valence-corrected chi connectivity index (χ0v) is 17.6. The quantitative estimate of drug-likeness (QED) is 0.671. The van der Waals surface area contributed by atoms with Crippen molar-refractivity contribution in [2.45, 2.75) is 32.8 Å². The number of hydrogen-bond acceptors (Lipinski definition) is 5. The van der Waals surface area contributed by atoms with Gasteiger partial charge in [0.2, 0.25) is 0 Å². The number of piperazine rings is 1. The highest BCUT2D eigenvalue weighted by atomic mass is 32.1. The van der Waals surface area contributed by atoms with Gasteiger partial charge < -0.3 is 14.9 Å². The molecule has 1 aliphatic heterocycles. The molecule has 4 nitrogen and oxygen atoms in total. The molecule has 1 fully saturated rings. The van der Waals surface area contributed by atoms with E-state index in [0.29, 0.717) is 6.42 Å². The first-order chi connectivity index (χ1) is 13.7. The van der Waals surface area contributed by atoms with Crippen molar-refractivity contribution in [2.75, 3.05) is 37.6 Å². The molecule has 2 aromatic heterocycles. The van der Waals surface area contributed by atoms with E-state index in [0.717, 1.165) is 56.2 Å². The van der Waals surface area contributed by atoms with Crippen LogP contribution < -0.4 is 4.90 Å². The molecule has 1 N–H and O–H groups in total. The van der Waals surface area contributed by atoms with E-state index >= 15 is 0 Å². The second-order valence-electron chi connectivity index (χ2n) is 7.55. The fourth-order valence-corrected chi connectivity index (χ4v) is 4.72. The van der Waals surface area contributed by atoms with Crippen LogP contribution in [0.15, 0.2) is 41.8 Å². The van der Waals surface area contributed by atoms with Crippen LogP contribution in [0, 0.1) is 0 Å². The average molecular weight is 396 g/mol. The van der Waals surface area contributed by atoms with Crippen LogP contribution in [0.25, 0.3) is 21.3 Å². The van der Waals surface area contributed by atoms with Gasteiger partial charge in [-0.15, -0.1) is 11.3 Å². The number of fused-ring (bicyclic) bond motifs is 1. The van der Waals surface area contributed by atoms with Crippen LogP contribution in [0.2, 0.25) is 0 Å². The van der Waals surface area contributed by atoms with Crippen molar-refractivity contribution in [2.24, 2.45) is 0 Å². The summed E-state index contributed by atoms with van der Waals surface area (Å²) < 4.78 is 1.29. The summed E-state index contributed by atoms with van der Waals surface area (Å²) in [6, 6.07) is 12.9. The van der Waals surface area contributed by atoms with Gasteiger partial charge in [-0.3, -0.25) is 0 Å². The predicted molar refractivity (Wildman–Crippen MR) is 119 cm³/mol. The molecule has 1 aromatic carbocycles. The second-order valence-corrected chi connectivity index (χ2v) is 8.47. The van der Waals surface area contributed by atoms with Crippen molar-refractivity contribution in [3.63, 3.8) is 0 Å². The topological polar surface area (TPSA) is 39.6 Å². The standard InChI is InChI=1S/C23H29N3OS/c1-3-20(27)15-17-5-7-18(8-6-17)21-16-19-9-14-28-22(19)23(24-21)26-12-10-25(4-2)11-13-26/h5-9,14,16,20,27H,3-4,10-13,15H2,1-2H3. The predicted octanol–water partition coefficient (Wildman–Crippen LogP) is 4.42. The maximum Gasteiger partial charge on any atom is 0.147 e. The molecule has 1 unspecified atom stereocenters. The number of pyridine rings is 1. The molecule has 4 rings (SSSR count). The number of aliphatic hydroxyl groups is 1. The van der Waals surface area contributed by atoms with E-state index in [1.165, 1.54) is 15.6 Å². The van der Waals surface area contributed by atoms with Gasteiger partial charge in [0.15, 0.2) is 0 Å². The van der Waals surface area contributed by atoms with Crippen LogP contribution in [0.1, 0.15) is 25.8 Å². The van der Waals surface area contributed by atoms with E-state index < -0.39 is 0 Å². The van der Waals surface area contributed by atoms with E-state index in [4.69, 9.17) is 4.98 Å². The van der Waals surface area contributed by atoms with Crippen molar-refractivity contribution >= 4 is 27.2 Å². The van der Waals surface area contributed by atoms with Crippen LogP contribution in [-0.4, -0.2) is 53.8 Å². The Morgan fingerprint density at radius 3 is 2.50 bits per heavy atom. The van der Waals surface area contributed by atoms with Crippen molar-refractivity contribution in [3.05, 3.63) is 47.3 Å². The maximum atomic E-state index is 9.89. The van der Waals surface area contributed by atoms with Crippen LogP contribution in [0.5, 0.6) is 0 Å². The number of likely N-dealkylation sites (N-methyl/N-ethyl adjacent to an activating group) is 1. The molecular formula is C23H29N3OS. The minimum absolute atomic E-state index is 0.264. The van der Waals surface area contributed by atoms with Gasteiger partial charge in [-0.25, -0.2) is 4.98 Å². The van der Waals surface area contributed by atoms with Crippen molar-refractivity contribution in [1.82, 2.24) is 9.88 Å². The smallest absolute Gasteiger partial charge is 0.147 e. The Labute approximate surface area is 171 Å². The molecule has 3 aromatic rings. The van der Waals surface area contributed by atoms with Gasteiger partial charge in [0.1, 0.15) is 5.82 Å². The lowest BCUT2D eigenvalue weighted by atomic mass is 10.0. The van der Waals surface area contributed by atoms with Gasteiger partial charge >= 0.3 is 0 Å². The van der Waals surface area contributed by atoms with E-state index in [-0.39, 0.29) is 6.10 Å². The minimum Gasteiger partial charge on any atom is -0.393 e. The molecule has 0 saturated carbocycles. The van der Waals surface area contributed by atoms with E-state index in [1.54, 1.807) is 11.3 Å². The van der Waals surface area contributed by atoms with E-state index in [9.17, 15) is 5.11 Å². The molecule has 1 atom stereocenters. The molecular weight excluding hydrogens is 366 g/mol. The van der Waals surface area contributed by atoms with Gasteiger partial charge in [0.25, 0.3) is 0 Å². The molecule has 0 radical (unpaired) electrons. The van der Waals surface area contributed by atoms with Crippen molar-refractivity contribution in [1.29, 1.82) is 0 Å². The zero-order valence-electron chi connectivity index (χ0n) is 16.8. The summed E-state index contributed by atoms with van der Waals surface area (Å²) in [6.07, 6.45) is 1.23. The fourth-order valence-electron chi connectivity index (χ4n) is 3.83. The largest absolute Gasteiger partial charge is 0.393 e. The minimum atomic E-state index is -0.264. The van der Waals surface area contributed by atoms with E-state index in [1.807, 2.05) is 6.92 Å². The molecule has 0 aliphatic carbocycles. The first kappa shape index (κ1) is 19.4. The number of benzene rings is 1. The zero-order chi connectivity index (χ0) is 19.5. The molecule has 5 heteroatoms. The molecule has 3 heterocycles. The number of aliphatic hydroxyl groups excluding tert-OH is 1. The van der Waals surface area contributed by atoms with Crippen molar-refractivity contribution < 1.29 is 5.11 Å². The Hall–Kier alpha value is -1.95. The first-order valence-electron chi connectivity index (χ1n) is 10.3. The van der Waals surface area contributed by atoms with Crippen LogP contribution in [-0.2, 0) is 6.42 Å². The third-order valence-electron chi connectivity index (χ3n) is 5.73. The Morgan fingerprint density at radius 2 is 1.82 bits per heavy atom. The first-order valence-corrected chi connectivity index (χ1v) is 11.2. The van der Waals surface area contributed by atoms with Gasteiger partial charge in [-0.1, -0.05) is 38.1 Å². The average Bonchev–Trinajstić information content (AvgIpc) is 3.22. The summed E-state index contributed by atoms with van der Waals surface area (Å²) in [7, 11) is 0. The number of rotatable bonds is 6. The maximum absolute atomic E-state index is 9.89.